The van der Waals surface area contributed by atoms with Crippen LogP contribution in [0.1, 0.15) is 31.2 Å². The van der Waals surface area contributed by atoms with E-state index in [-0.39, 0.29) is 11.8 Å². The maximum atomic E-state index is 11.5. The van der Waals surface area contributed by atoms with Gasteiger partial charge in [-0.15, -0.1) is 0 Å². The molecule has 1 saturated heterocycles. The van der Waals surface area contributed by atoms with Crippen molar-refractivity contribution in [2.24, 2.45) is 7.05 Å². The van der Waals surface area contributed by atoms with Crippen LogP contribution >= 0.6 is 0 Å². The van der Waals surface area contributed by atoms with Gasteiger partial charge in [-0.05, 0) is 43.4 Å². The predicted octanol–water partition coefficient (Wildman–Crippen LogP) is 2.38. The molecule has 21 heavy (non-hydrogen) atoms. The summed E-state index contributed by atoms with van der Waals surface area (Å²) in [6.45, 7) is 2.47. The number of benzene rings is 1. The van der Waals surface area contributed by atoms with Crippen LogP contribution in [0.4, 0.5) is 4.79 Å². The molecule has 1 N–H and O–H groups in total. The summed E-state index contributed by atoms with van der Waals surface area (Å²) in [5.74, 6) is -0.0678. The summed E-state index contributed by atoms with van der Waals surface area (Å²) in [5.41, 5.74) is 2.47. The van der Waals surface area contributed by atoms with Crippen molar-refractivity contribution < 1.29 is 14.3 Å². The van der Waals surface area contributed by atoms with Crippen LogP contribution in [-0.2, 0) is 7.05 Å². The Morgan fingerprint density at radius 3 is 2.86 bits per heavy atom. The van der Waals surface area contributed by atoms with E-state index in [0.717, 1.165) is 23.9 Å². The van der Waals surface area contributed by atoms with Crippen molar-refractivity contribution in [3.05, 3.63) is 34.3 Å². The van der Waals surface area contributed by atoms with Crippen LogP contribution in [0.2, 0.25) is 0 Å². The molecule has 1 fully saturated rings. The maximum Gasteiger partial charge on any atom is 0.419 e. The molecular weight excluding hydrogens is 272 g/mol. The molecule has 1 aliphatic heterocycles. The van der Waals surface area contributed by atoms with E-state index >= 15 is 0 Å². The number of carboxylic acid groups (broad SMARTS) is 1. The third-order valence-electron chi connectivity index (χ3n) is 4.41. The number of nitrogens with zero attached hydrogens (tertiary/aromatic N) is 2. The Kier molecular flexibility index (Phi) is 3.23. The van der Waals surface area contributed by atoms with Gasteiger partial charge in [-0.2, -0.15) is 0 Å². The summed E-state index contributed by atoms with van der Waals surface area (Å²) in [7, 11) is 1.68. The van der Waals surface area contributed by atoms with Crippen molar-refractivity contribution in [2.75, 3.05) is 6.54 Å². The van der Waals surface area contributed by atoms with Crippen molar-refractivity contribution in [2.45, 2.75) is 31.7 Å². The van der Waals surface area contributed by atoms with Crippen molar-refractivity contribution in [3.8, 4) is 0 Å². The largest absolute Gasteiger partial charge is 0.465 e. The molecule has 1 aromatic carbocycles. The van der Waals surface area contributed by atoms with E-state index < -0.39 is 6.09 Å². The first kappa shape index (κ1) is 13.7. The van der Waals surface area contributed by atoms with E-state index in [2.05, 4.69) is 0 Å². The van der Waals surface area contributed by atoms with Gasteiger partial charge in [-0.3, -0.25) is 4.57 Å². The van der Waals surface area contributed by atoms with E-state index in [1.165, 1.54) is 9.47 Å². The topological polar surface area (TPSA) is 75.7 Å². The highest BCUT2D eigenvalue weighted by atomic mass is 16.4. The molecule has 6 heteroatoms. The third-order valence-corrected chi connectivity index (χ3v) is 4.41. The standard InChI is InChI=1S/C15H18N2O4/c1-9-7-11(5-6-17(9)14(18)19)10-3-4-12-13(8-10)21-15(20)16(12)2/h3-4,8-9,11H,5-7H2,1-2H3,(H,18,19)/t9-,11?/m1/s1. The quantitative estimate of drug-likeness (QED) is 0.875. The first-order valence-electron chi connectivity index (χ1n) is 7.06. The SMILES string of the molecule is C[C@@H]1CC(c2ccc3c(c2)oc(=O)n3C)CCN1C(=O)O. The highest BCUT2D eigenvalue weighted by Gasteiger charge is 2.29. The second kappa shape index (κ2) is 4.95. The average Bonchev–Trinajstić information content (AvgIpc) is 2.73. The zero-order valence-electron chi connectivity index (χ0n) is 12.1. The van der Waals surface area contributed by atoms with Gasteiger partial charge in [0, 0.05) is 19.6 Å². The normalized spacial score (nSPS) is 22.7. The number of likely N-dealkylation sites (tertiary alicyclic amines) is 1. The highest BCUT2D eigenvalue weighted by molar-refractivity contribution is 5.74. The van der Waals surface area contributed by atoms with E-state index in [1.807, 2.05) is 25.1 Å². The fourth-order valence-electron chi connectivity index (χ4n) is 3.16. The number of oxazole rings is 1. The Labute approximate surface area is 121 Å². The summed E-state index contributed by atoms with van der Waals surface area (Å²) in [6, 6.07) is 5.80. The van der Waals surface area contributed by atoms with Crippen molar-refractivity contribution in [1.29, 1.82) is 0 Å². The molecule has 1 aliphatic rings. The molecule has 0 aliphatic carbocycles. The lowest BCUT2D eigenvalue weighted by Gasteiger charge is -2.36. The number of hydrogen-bond acceptors (Lipinski definition) is 3. The Morgan fingerprint density at radius 1 is 1.43 bits per heavy atom. The molecule has 1 amide bonds. The van der Waals surface area contributed by atoms with Gasteiger partial charge < -0.3 is 14.4 Å². The smallest absolute Gasteiger partial charge is 0.419 e. The number of rotatable bonds is 1. The van der Waals surface area contributed by atoms with Gasteiger partial charge in [-0.1, -0.05) is 6.07 Å². The van der Waals surface area contributed by atoms with Gasteiger partial charge in [-0.25, -0.2) is 9.59 Å². The Balaban J connectivity index is 1.88. The monoisotopic (exact) mass is 290 g/mol. The summed E-state index contributed by atoms with van der Waals surface area (Å²) in [4.78, 5) is 24.1. The predicted molar refractivity (Wildman–Crippen MR) is 77.6 cm³/mol. The highest BCUT2D eigenvalue weighted by Crippen LogP contribution is 2.32. The fraction of sp³-hybridized carbons (Fsp3) is 0.467. The van der Waals surface area contributed by atoms with Crippen LogP contribution < -0.4 is 5.76 Å². The average molecular weight is 290 g/mol. The van der Waals surface area contributed by atoms with Gasteiger partial charge in [0.15, 0.2) is 5.58 Å². The minimum atomic E-state index is -0.856. The molecule has 112 valence electrons. The lowest BCUT2D eigenvalue weighted by molar-refractivity contribution is 0.107. The van der Waals surface area contributed by atoms with E-state index in [0.29, 0.717) is 18.0 Å². The molecule has 2 heterocycles. The second-order valence-corrected chi connectivity index (χ2v) is 5.70. The van der Waals surface area contributed by atoms with Crippen molar-refractivity contribution in [1.82, 2.24) is 9.47 Å². The zero-order chi connectivity index (χ0) is 15.1. The van der Waals surface area contributed by atoms with Crippen LogP contribution in [0.5, 0.6) is 0 Å². The molecule has 0 spiro atoms. The zero-order valence-corrected chi connectivity index (χ0v) is 12.1. The molecule has 0 saturated carbocycles. The van der Waals surface area contributed by atoms with Crippen LogP contribution in [0.25, 0.3) is 11.1 Å². The Morgan fingerprint density at radius 2 is 2.19 bits per heavy atom. The summed E-state index contributed by atoms with van der Waals surface area (Å²) >= 11 is 0. The van der Waals surface area contributed by atoms with Crippen LogP contribution in [0.3, 0.4) is 0 Å². The van der Waals surface area contributed by atoms with E-state index in [4.69, 9.17) is 9.52 Å². The molecule has 3 rings (SSSR count). The van der Waals surface area contributed by atoms with Crippen molar-refractivity contribution in [3.63, 3.8) is 0 Å². The molecule has 0 bridgehead atoms. The number of hydrogen-bond donors (Lipinski definition) is 1. The fourth-order valence-corrected chi connectivity index (χ4v) is 3.16. The number of amides is 1. The lowest BCUT2D eigenvalue weighted by atomic mass is 9.86. The van der Waals surface area contributed by atoms with E-state index in [9.17, 15) is 9.59 Å². The molecule has 1 unspecified atom stereocenters. The maximum absolute atomic E-state index is 11.5. The number of aromatic nitrogens is 1. The van der Waals surface area contributed by atoms with Crippen molar-refractivity contribution >= 4 is 17.2 Å². The minimum Gasteiger partial charge on any atom is -0.465 e. The second-order valence-electron chi connectivity index (χ2n) is 5.70. The number of piperidine rings is 1. The molecule has 6 nitrogen and oxygen atoms in total. The number of aryl methyl sites for hydroxylation is 1. The third kappa shape index (κ3) is 2.30. The first-order valence-corrected chi connectivity index (χ1v) is 7.06. The summed E-state index contributed by atoms with van der Waals surface area (Å²) < 4.78 is 6.70. The summed E-state index contributed by atoms with van der Waals surface area (Å²) in [6.07, 6.45) is 0.721. The minimum absolute atomic E-state index is 0.000251. The molecule has 1 aromatic heterocycles. The Bertz CT molecular complexity index is 746. The molecule has 2 atom stereocenters. The first-order chi connectivity index (χ1) is 9.97. The molecule has 2 aromatic rings. The van der Waals surface area contributed by atoms with Gasteiger partial charge in [0.05, 0.1) is 5.52 Å². The van der Waals surface area contributed by atoms with E-state index in [1.54, 1.807) is 7.05 Å². The molecule has 0 radical (unpaired) electrons. The van der Waals surface area contributed by atoms with Gasteiger partial charge >= 0.3 is 11.8 Å². The van der Waals surface area contributed by atoms with Gasteiger partial charge in [0.2, 0.25) is 0 Å². The lowest BCUT2D eigenvalue weighted by Crippen LogP contribution is -2.43. The summed E-state index contributed by atoms with van der Waals surface area (Å²) in [5, 5.41) is 9.11. The van der Waals surface area contributed by atoms with Crippen LogP contribution in [-0.4, -0.2) is 33.3 Å². The van der Waals surface area contributed by atoms with Crippen LogP contribution in [0.15, 0.2) is 27.4 Å². The van der Waals surface area contributed by atoms with Crippen LogP contribution in [0, 0.1) is 0 Å². The molecular formula is C15H18N2O4. The Hall–Kier alpha value is -2.24. The van der Waals surface area contributed by atoms with Gasteiger partial charge in [0.25, 0.3) is 0 Å². The number of carbonyl (C=O) groups is 1. The number of fused-ring (bicyclic) bond motifs is 1. The van der Waals surface area contributed by atoms with Gasteiger partial charge in [0.1, 0.15) is 0 Å².